The molecule has 0 saturated heterocycles. The molecule has 1 aromatic carbocycles. The Labute approximate surface area is 101 Å². The van der Waals surface area contributed by atoms with Gasteiger partial charge in [0, 0.05) is 12.1 Å². The Hall–Kier alpha value is -1.35. The second-order valence-electron chi connectivity index (χ2n) is 4.92. The number of benzene rings is 1. The minimum Gasteiger partial charge on any atom is -0.361 e. The Balaban J connectivity index is 1.62. The second-order valence-corrected chi connectivity index (χ2v) is 4.92. The molecule has 0 radical (unpaired) electrons. The molecular weight excluding hydrogens is 214 g/mol. The summed E-state index contributed by atoms with van der Waals surface area (Å²) in [5, 5.41) is 0. The lowest BCUT2D eigenvalue weighted by Crippen LogP contribution is -2.39. The summed E-state index contributed by atoms with van der Waals surface area (Å²) in [6.45, 7) is 2.04. The van der Waals surface area contributed by atoms with Crippen molar-refractivity contribution in [1.29, 1.82) is 0 Å². The number of nitrogens with zero attached hydrogens (tertiary/aromatic N) is 1. The Kier molecular flexibility index (Phi) is 2.85. The van der Waals surface area contributed by atoms with Crippen molar-refractivity contribution < 1.29 is 9.53 Å². The number of carbonyl (C=O) groups is 1. The van der Waals surface area contributed by atoms with Crippen LogP contribution in [0.5, 0.6) is 0 Å². The standard InChI is InChI=1S/C14H17NO2/c16-14-13-4-2-1-3-12(13)7-8-15(14)10-17-9-11-5-6-11/h1-4,11H,5-10H2. The van der Waals surface area contributed by atoms with Crippen LogP contribution in [0, 0.1) is 5.92 Å². The fraction of sp³-hybridized carbons (Fsp3) is 0.500. The minimum atomic E-state index is 0.114. The lowest BCUT2D eigenvalue weighted by molar-refractivity contribution is 0.0189. The van der Waals surface area contributed by atoms with Gasteiger partial charge in [-0.15, -0.1) is 0 Å². The fourth-order valence-electron chi connectivity index (χ4n) is 2.21. The van der Waals surface area contributed by atoms with Crippen LogP contribution >= 0.6 is 0 Å². The van der Waals surface area contributed by atoms with E-state index in [2.05, 4.69) is 0 Å². The molecule has 1 fully saturated rings. The van der Waals surface area contributed by atoms with Crippen molar-refractivity contribution in [3.63, 3.8) is 0 Å². The van der Waals surface area contributed by atoms with Crippen LogP contribution in [0.15, 0.2) is 24.3 Å². The summed E-state index contributed by atoms with van der Waals surface area (Å²) in [5.41, 5.74) is 2.00. The van der Waals surface area contributed by atoms with Gasteiger partial charge in [0.15, 0.2) is 0 Å². The maximum atomic E-state index is 12.2. The zero-order chi connectivity index (χ0) is 11.7. The van der Waals surface area contributed by atoms with Crippen LogP contribution in [0.3, 0.4) is 0 Å². The van der Waals surface area contributed by atoms with Crippen molar-refractivity contribution in [2.75, 3.05) is 19.9 Å². The summed E-state index contributed by atoms with van der Waals surface area (Å²) in [6, 6.07) is 7.86. The number of hydrogen-bond acceptors (Lipinski definition) is 2. The van der Waals surface area contributed by atoms with E-state index in [1.807, 2.05) is 29.2 Å². The fourth-order valence-corrected chi connectivity index (χ4v) is 2.21. The molecule has 1 aliphatic heterocycles. The van der Waals surface area contributed by atoms with Gasteiger partial charge in [0.2, 0.25) is 0 Å². The highest BCUT2D eigenvalue weighted by Crippen LogP contribution is 2.29. The predicted molar refractivity (Wildman–Crippen MR) is 64.7 cm³/mol. The normalized spacial score (nSPS) is 19.3. The molecule has 1 heterocycles. The third-order valence-electron chi connectivity index (χ3n) is 3.48. The van der Waals surface area contributed by atoms with E-state index in [0.29, 0.717) is 6.73 Å². The highest BCUT2D eigenvalue weighted by atomic mass is 16.5. The van der Waals surface area contributed by atoms with Gasteiger partial charge in [-0.2, -0.15) is 0 Å². The number of hydrogen-bond donors (Lipinski definition) is 0. The van der Waals surface area contributed by atoms with Gasteiger partial charge in [-0.1, -0.05) is 18.2 Å². The summed E-state index contributed by atoms with van der Waals surface area (Å²) >= 11 is 0. The van der Waals surface area contributed by atoms with Crippen LogP contribution < -0.4 is 0 Å². The molecule has 1 amide bonds. The van der Waals surface area contributed by atoms with Gasteiger partial charge in [-0.25, -0.2) is 0 Å². The monoisotopic (exact) mass is 231 g/mol. The molecule has 0 unspecified atom stereocenters. The van der Waals surface area contributed by atoms with Gasteiger partial charge in [-0.3, -0.25) is 4.79 Å². The van der Waals surface area contributed by atoms with Crippen molar-refractivity contribution in [1.82, 2.24) is 4.90 Å². The van der Waals surface area contributed by atoms with E-state index in [1.165, 1.54) is 12.8 Å². The molecule has 1 saturated carbocycles. The van der Waals surface area contributed by atoms with Crippen molar-refractivity contribution >= 4 is 5.91 Å². The van der Waals surface area contributed by atoms with Crippen LogP contribution in [0.25, 0.3) is 0 Å². The SMILES string of the molecule is O=C1c2ccccc2CCN1COCC1CC1. The van der Waals surface area contributed by atoms with Crippen molar-refractivity contribution in [3.8, 4) is 0 Å². The molecule has 3 heteroatoms. The third-order valence-corrected chi connectivity index (χ3v) is 3.48. The molecule has 3 rings (SSSR count). The first kappa shape index (κ1) is 10.8. The Morgan fingerprint density at radius 3 is 2.94 bits per heavy atom. The van der Waals surface area contributed by atoms with E-state index in [9.17, 15) is 4.79 Å². The first-order valence-electron chi connectivity index (χ1n) is 6.29. The highest BCUT2D eigenvalue weighted by Gasteiger charge is 2.25. The minimum absolute atomic E-state index is 0.114. The quantitative estimate of drug-likeness (QED) is 0.794. The summed E-state index contributed by atoms with van der Waals surface area (Å²) in [6.07, 6.45) is 3.52. The Bertz CT molecular complexity index is 426. The molecule has 3 nitrogen and oxygen atoms in total. The van der Waals surface area contributed by atoms with E-state index in [0.717, 1.165) is 36.6 Å². The van der Waals surface area contributed by atoms with Crippen LogP contribution in [-0.2, 0) is 11.2 Å². The average molecular weight is 231 g/mol. The van der Waals surface area contributed by atoms with E-state index in [4.69, 9.17) is 4.74 Å². The van der Waals surface area contributed by atoms with E-state index in [-0.39, 0.29) is 5.91 Å². The van der Waals surface area contributed by atoms with Gasteiger partial charge in [0.25, 0.3) is 5.91 Å². The van der Waals surface area contributed by atoms with Gasteiger partial charge in [0.05, 0.1) is 6.61 Å². The highest BCUT2D eigenvalue weighted by molar-refractivity contribution is 5.96. The molecule has 90 valence electrons. The maximum absolute atomic E-state index is 12.2. The Morgan fingerprint density at radius 2 is 2.12 bits per heavy atom. The number of rotatable bonds is 4. The van der Waals surface area contributed by atoms with Crippen molar-refractivity contribution in [2.45, 2.75) is 19.3 Å². The number of fused-ring (bicyclic) bond motifs is 1. The average Bonchev–Trinajstić information content (AvgIpc) is 3.17. The molecule has 0 N–H and O–H groups in total. The van der Waals surface area contributed by atoms with Crippen molar-refractivity contribution in [2.24, 2.45) is 5.92 Å². The molecule has 17 heavy (non-hydrogen) atoms. The first-order valence-corrected chi connectivity index (χ1v) is 6.29. The number of carbonyl (C=O) groups excluding carboxylic acids is 1. The van der Waals surface area contributed by atoms with Crippen LogP contribution in [-0.4, -0.2) is 30.7 Å². The summed E-state index contributed by atoms with van der Waals surface area (Å²) in [4.78, 5) is 14.0. The smallest absolute Gasteiger partial charge is 0.255 e. The van der Waals surface area contributed by atoms with E-state index >= 15 is 0 Å². The van der Waals surface area contributed by atoms with Crippen LogP contribution in [0.4, 0.5) is 0 Å². The first-order chi connectivity index (χ1) is 8.34. The predicted octanol–water partition coefficient (Wildman–Crippen LogP) is 2.07. The molecule has 0 bridgehead atoms. The molecular formula is C14H17NO2. The molecule has 1 aromatic rings. The zero-order valence-corrected chi connectivity index (χ0v) is 9.89. The molecule has 2 aliphatic rings. The number of ether oxygens (including phenoxy) is 1. The lowest BCUT2D eigenvalue weighted by Gasteiger charge is -2.28. The van der Waals surface area contributed by atoms with E-state index < -0.39 is 0 Å². The molecule has 0 aromatic heterocycles. The van der Waals surface area contributed by atoms with Gasteiger partial charge < -0.3 is 9.64 Å². The van der Waals surface area contributed by atoms with E-state index in [1.54, 1.807) is 0 Å². The molecule has 1 aliphatic carbocycles. The van der Waals surface area contributed by atoms with Gasteiger partial charge >= 0.3 is 0 Å². The zero-order valence-electron chi connectivity index (χ0n) is 9.89. The van der Waals surface area contributed by atoms with Crippen LogP contribution in [0.2, 0.25) is 0 Å². The second kappa shape index (κ2) is 4.49. The Morgan fingerprint density at radius 1 is 1.29 bits per heavy atom. The summed E-state index contributed by atoms with van der Waals surface area (Å²) in [5.74, 6) is 0.866. The molecule has 0 spiro atoms. The number of amides is 1. The van der Waals surface area contributed by atoms with Crippen molar-refractivity contribution in [3.05, 3.63) is 35.4 Å². The summed E-state index contributed by atoms with van der Waals surface area (Å²) < 4.78 is 5.59. The molecule has 0 atom stereocenters. The largest absolute Gasteiger partial charge is 0.361 e. The van der Waals surface area contributed by atoms with Crippen LogP contribution in [0.1, 0.15) is 28.8 Å². The third kappa shape index (κ3) is 2.34. The van der Waals surface area contributed by atoms with Gasteiger partial charge in [-0.05, 0) is 36.8 Å². The summed E-state index contributed by atoms with van der Waals surface area (Å²) in [7, 11) is 0. The topological polar surface area (TPSA) is 29.5 Å². The van der Waals surface area contributed by atoms with Gasteiger partial charge in [0.1, 0.15) is 6.73 Å². The maximum Gasteiger partial charge on any atom is 0.255 e. The lowest BCUT2D eigenvalue weighted by atomic mass is 10.00.